The standard InChI is InChI=1S/C27H39N3O2/c1-4-5-19-32-27(21(2)3,23-9-7-6-8-10-23)26(31)29-25-15-17-30(18-16-25)20-22-11-13-24(28)14-12-22/h6-14,21,25H,4-5,15-20,28H2,1-3H3,(H,29,31). The number of unbranched alkanes of at least 4 members (excludes halogenated alkanes) is 1. The Kier molecular flexibility index (Phi) is 8.71. The van der Waals surface area contributed by atoms with E-state index in [4.69, 9.17) is 10.5 Å². The van der Waals surface area contributed by atoms with Gasteiger partial charge in [-0.15, -0.1) is 0 Å². The summed E-state index contributed by atoms with van der Waals surface area (Å²) in [7, 11) is 0. The average molecular weight is 438 g/mol. The number of benzene rings is 2. The van der Waals surface area contributed by atoms with Gasteiger partial charge >= 0.3 is 0 Å². The van der Waals surface area contributed by atoms with Crippen LogP contribution in [0.25, 0.3) is 0 Å². The zero-order valence-electron chi connectivity index (χ0n) is 19.8. The molecule has 0 saturated carbocycles. The van der Waals surface area contributed by atoms with Gasteiger partial charge in [0.25, 0.3) is 5.91 Å². The van der Waals surface area contributed by atoms with Crippen molar-refractivity contribution in [2.75, 3.05) is 25.4 Å². The minimum Gasteiger partial charge on any atom is -0.399 e. The molecule has 0 aliphatic carbocycles. The number of carbonyl (C=O) groups excluding carboxylic acids is 1. The van der Waals surface area contributed by atoms with Crippen molar-refractivity contribution in [2.24, 2.45) is 5.92 Å². The molecule has 0 aromatic heterocycles. The number of nitrogens with zero attached hydrogens (tertiary/aromatic N) is 1. The number of rotatable bonds is 10. The molecule has 0 bridgehead atoms. The molecule has 2 aromatic carbocycles. The van der Waals surface area contributed by atoms with Crippen LogP contribution in [0.2, 0.25) is 0 Å². The Morgan fingerprint density at radius 2 is 1.78 bits per heavy atom. The lowest BCUT2D eigenvalue weighted by Crippen LogP contribution is -2.54. The number of carbonyl (C=O) groups is 1. The van der Waals surface area contributed by atoms with Crippen LogP contribution in [0.1, 0.15) is 57.6 Å². The summed E-state index contributed by atoms with van der Waals surface area (Å²) in [5, 5.41) is 3.35. The lowest BCUT2D eigenvalue weighted by molar-refractivity contribution is -0.158. The van der Waals surface area contributed by atoms with Gasteiger partial charge in [-0.05, 0) is 48.4 Å². The Morgan fingerprint density at radius 3 is 2.38 bits per heavy atom. The highest BCUT2D eigenvalue weighted by molar-refractivity contribution is 5.87. The van der Waals surface area contributed by atoms with E-state index in [-0.39, 0.29) is 17.9 Å². The monoisotopic (exact) mass is 437 g/mol. The molecule has 1 heterocycles. The fourth-order valence-corrected chi connectivity index (χ4v) is 4.51. The molecule has 1 aliphatic heterocycles. The summed E-state index contributed by atoms with van der Waals surface area (Å²) in [4.78, 5) is 16.2. The summed E-state index contributed by atoms with van der Waals surface area (Å²) in [6.45, 7) is 9.72. The van der Waals surface area contributed by atoms with Crippen molar-refractivity contribution in [3.05, 3.63) is 65.7 Å². The number of nitrogens with two attached hydrogens (primary N) is 1. The second kappa shape index (κ2) is 11.5. The van der Waals surface area contributed by atoms with Gasteiger partial charge in [0.1, 0.15) is 0 Å². The number of anilines is 1. The van der Waals surface area contributed by atoms with Crippen LogP contribution < -0.4 is 11.1 Å². The van der Waals surface area contributed by atoms with Gasteiger partial charge in [-0.2, -0.15) is 0 Å². The van der Waals surface area contributed by atoms with Gasteiger partial charge < -0.3 is 15.8 Å². The van der Waals surface area contributed by atoms with Crippen molar-refractivity contribution in [1.29, 1.82) is 0 Å². The third-order valence-corrected chi connectivity index (χ3v) is 6.49. The molecule has 2 aromatic rings. The molecule has 1 atom stereocenters. The summed E-state index contributed by atoms with van der Waals surface area (Å²) in [6, 6.07) is 18.2. The van der Waals surface area contributed by atoms with Crippen molar-refractivity contribution < 1.29 is 9.53 Å². The predicted molar refractivity (Wildman–Crippen MR) is 131 cm³/mol. The van der Waals surface area contributed by atoms with Crippen molar-refractivity contribution >= 4 is 11.6 Å². The minimum atomic E-state index is -0.961. The van der Waals surface area contributed by atoms with Gasteiger partial charge in [-0.3, -0.25) is 9.69 Å². The van der Waals surface area contributed by atoms with Crippen LogP contribution in [0.3, 0.4) is 0 Å². The normalized spacial score (nSPS) is 17.2. The quantitative estimate of drug-likeness (QED) is 0.417. The smallest absolute Gasteiger partial charge is 0.257 e. The first-order valence-corrected chi connectivity index (χ1v) is 12.0. The van der Waals surface area contributed by atoms with Crippen LogP contribution in [0.5, 0.6) is 0 Å². The second-order valence-corrected chi connectivity index (χ2v) is 9.22. The van der Waals surface area contributed by atoms with Gasteiger partial charge in [0.2, 0.25) is 0 Å². The van der Waals surface area contributed by atoms with E-state index < -0.39 is 5.60 Å². The molecule has 174 valence electrons. The van der Waals surface area contributed by atoms with E-state index in [1.807, 2.05) is 42.5 Å². The number of piperidine rings is 1. The van der Waals surface area contributed by atoms with Gasteiger partial charge in [-0.1, -0.05) is 69.7 Å². The van der Waals surface area contributed by atoms with Crippen molar-refractivity contribution in [1.82, 2.24) is 10.2 Å². The SMILES string of the molecule is CCCCOC(C(=O)NC1CCN(Cc2ccc(N)cc2)CC1)(c1ccccc1)C(C)C. The molecule has 0 radical (unpaired) electrons. The zero-order chi connectivity index (χ0) is 23.0. The molecule has 0 spiro atoms. The van der Waals surface area contributed by atoms with E-state index in [0.29, 0.717) is 6.61 Å². The number of nitrogen functional groups attached to an aromatic ring is 1. The fraction of sp³-hybridized carbons (Fsp3) is 0.519. The highest BCUT2D eigenvalue weighted by Crippen LogP contribution is 2.35. The average Bonchev–Trinajstić information content (AvgIpc) is 2.80. The molecule has 1 aliphatic rings. The van der Waals surface area contributed by atoms with Crippen LogP contribution in [0.15, 0.2) is 54.6 Å². The largest absolute Gasteiger partial charge is 0.399 e. The molecule has 1 saturated heterocycles. The molecule has 5 nitrogen and oxygen atoms in total. The molecule has 1 fully saturated rings. The summed E-state index contributed by atoms with van der Waals surface area (Å²) < 4.78 is 6.40. The Labute approximate surface area is 193 Å². The highest BCUT2D eigenvalue weighted by Gasteiger charge is 2.45. The number of hydrogen-bond donors (Lipinski definition) is 2. The van der Waals surface area contributed by atoms with E-state index in [0.717, 1.165) is 56.6 Å². The van der Waals surface area contributed by atoms with E-state index in [1.54, 1.807) is 0 Å². The maximum absolute atomic E-state index is 13.7. The van der Waals surface area contributed by atoms with Gasteiger partial charge in [0, 0.05) is 38.0 Å². The van der Waals surface area contributed by atoms with Crippen LogP contribution in [-0.4, -0.2) is 36.5 Å². The van der Waals surface area contributed by atoms with Crippen LogP contribution in [0, 0.1) is 5.92 Å². The summed E-state index contributed by atoms with van der Waals surface area (Å²) >= 11 is 0. The molecule has 3 rings (SSSR count). The molecule has 1 amide bonds. The Hall–Kier alpha value is -2.37. The maximum Gasteiger partial charge on any atom is 0.257 e. The molecule has 1 unspecified atom stereocenters. The zero-order valence-corrected chi connectivity index (χ0v) is 19.8. The maximum atomic E-state index is 13.7. The Balaban J connectivity index is 1.65. The van der Waals surface area contributed by atoms with Crippen molar-refractivity contribution in [2.45, 2.75) is 64.6 Å². The molecular formula is C27H39N3O2. The summed E-state index contributed by atoms with van der Waals surface area (Å²) in [5.74, 6) is 0.0131. The second-order valence-electron chi connectivity index (χ2n) is 9.22. The van der Waals surface area contributed by atoms with Gasteiger partial charge in [0.15, 0.2) is 5.60 Å². The topological polar surface area (TPSA) is 67.6 Å². The molecule has 3 N–H and O–H groups in total. The minimum absolute atomic E-state index is 0.00760. The Bertz CT molecular complexity index is 830. The van der Waals surface area contributed by atoms with E-state index >= 15 is 0 Å². The number of nitrogens with one attached hydrogen (secondary N) is 1. The molecule has 5 heteroatoms. The predicted octanol–water partition coefficient (Wildman–Crippen LogP) is 4.72. The molecular weight excluding hydrogens is 398 g/mol. The lowest BCUT2D eigenvalue weighted by Gasteiger charge is -2.39. The summed E-state index contributed by atoms with van der Waals surface area (Å²) in [6.07, 6.45) is 3.87. The third-order valence-electron chi connectivity index (χ3n) is 6.49. The van der Waals surface area contributed by atoms with E-state index in [9.17, 15) is 4.79 Å². The highest BCUT2D eigenvalue weighted by atomic mass is 16.5. The van der Waals surface area contributed by atoms with E-state index in [1.165, 1.54) is 5.56 Å². The van der Waals surface area contributed by atoms with Crippen LogP contribution >= 0.6 is 0 Å². The fourth-order valence-electron chi connectivity index (χ4n) is 4.51. The van der Waals surface area contributed by atoms with Crippen LogP contribution in [-0.2, 0) is 21.7 Å². The first kappa shape index (κ1) is 24.3. The van der Waals surface area contributed by atoms with Gasteiger partial charge in [-0.25, -0.2) is 0 Å². The molecule has 32 heavy (non-hydrogen) atoms. The van der Waals surface area contributed by atoms with Gasteiger partial charge in [0.05, 0.1) is 0 Å². The van der Waals surface area contributed by atoms with Crippen molar-refractivity contribution in [3.63, 3.8) is 0 Å². The van der Waals surface area contributed by atoms with Crippen molar-refractivity contribution in [3.8, 4) is 0 Å². The lowest BCUT2D eigenvalue weighted by atomic mass is 9.81. The summed E-state index contributed by atoms with van der Waals surface area (Å²) in [5.41, 5.74) is 7.84. The Morgan fingerprint density at radius 1 is 1.12 bits per heavy atom. The van der Waals surface area contributed by atoms with Crippen LogP contribution in [0.4, 0.5) is 5.69 Å². The first-order chi connectivity index (χ1) is 15.5. The van der Waals surface area contributed by atoms with E-state index in [2.05, 4.69) is 43.1 Å². The first-order valence-electron chi connectivity index (χ1n) is 12.0. The number of ether oxygens (including phenoxy) is 1. The number of amides is 1. The third kappa shape index (κ3) is 5.90. The number of hydrogen-bond acceptors (Lipinski definition) is 4. The number of likely N-dealkylation sites (tertiary alicyclic amines) is 1.